The van der Waals surface area contributed by atoms with Gasteiger partial charge >= 0.3 is 6.09 Å². The van der Waals surface area contributed by atoms with Crippen molar-refractivity contribution in [3.05, 3.63) is 35.1 Å². The average Bonchev–Trinajstić information content (AvgIpc) is 3.58. The monoisotopic (exact) mass is 425 g/mol. The van der Waals surface area contributed by atoms with Crippen LogP contribution in [0.15, 0.2) is 18.2 Å². The quantitative estimate of drug-likeness (QED) is 0.725. The zero-order valence-electron chi connectivity index (χ0n) is 16.2. The molecule has 2 aliphatic heterocycles. The molecule has 3 aliphatic rings. The van der Waals surface area contributed by atoms with Gasteiger partial charge in [0.05, 0.1) is 12.4 Å². The molecule has 4 rings (SSSR count). The highest BCUT2D eigenvalue weighted by Gasteiger charge is 2.43. The smallest absolute Gasteiger partial charge is 0.410 e. The molecule has 1 saturated heterocycles. The van der Waals surface area contributed by atoms with Gasteiger partial charge in [-0.2, -0.15) is 4.31 Å². The lowest BCUT2D eigenvalue weighted by Crippen LogP contribution is -2.55. The summed E-state index contributed by atoms with van der Waals surface area (Å²) in [5.41, 5.74) is 1.28. The number of fused-ring (bicyclic) bond motifs is 1. The van der Waals surface area contributed by atoms with E-state index in [1.54, 1.807) is 11.0 Å². The maximum absolute atomic E-state index is 13.9. The number of carbonyl (C=O) groups is 2. The Labute approximate surface area is 169 Å². The van der Waals surface area contributed by atoms with Gasteiger partial charge in [-0.25, -0.2) is 17.6 Å². The molecule has 29 heavy (non-hydrogen) atoms. The molecule has 10 heteroatoms. The molecule has 1 aromatic carbocycles. The van der Waals surface area contributed by atoms with Crippen molar-refractivity contribution in [2.45, 2.75) is 30.6 Å². The minimum atomic E-state index is -3.28. The lowest BCUT2D eigenvalue weighted by Gasteiger charge is -2.40. The minimum absolute atomic E-state index is 0.228. The van der Waals surface area contributed by atoms with E-state index >= 15 is 0 Å². The van der Waals surface area contributed by atoms with Crippen molar-refractivity contribution < 1.29 is 27.1 Å². The summed E-state index contributed by atoms with van der Waals surface area (Å²) in [6, 6.07) is 3.30. The molecule has 0 unspecified atom stereocenters. The molecule has 8 nitrogen and oxygen atoms in total. The summed E-state index contributed by atoms with van der Waals surface area (Å²) in [6.07, 6.45) is 1.25. The zero-order valence-corrected chi connectivity index (χ0v) is 17.0. The van der Waals surface area contributed by atoms with Crippen LogP contribution in [-0.4, -0.2) is 79.6 Å². The van der Waals surface area contributed by atoms with Crippen LogP contribution in [0.1, 0.15) is 30.0 Å². The fourth-order valence-electron chi connectivity index (χ4n) is 4.08. The summed E-state index contributed by atoms with van der Waals surface area (Å²) >= 11 is 0. The van der Waals surface area contributed by atoms with Crippen molar-refractivity contribution >= 4 is 22.0 Å². The molecule has 0 aromatic heterocycles. The van der Waals surface area contributed by atoms with E-state index in [9.17, 15) is 22.4 Å². The number of benzene rings is 1. The van der Waals surface area contributed by atoms with Crippen LogP contribution in [-0.2, 0) is 26.0 Å². The van der Waals surface area contributed by atoms with Crippen LogP contribution in [0.2, 0.25) is 0 Å². The number of carbonyl (C=O) groups excluding carboxylic acids is 2. The first-order valence-electron chi connectivity index (χ1n) is 9.73. The number of sulfonamides is 1. The Bertz CT molecular complexity index is 926. The van der Waals surface area contributed by atoms with E-state index in [4.69, 9.17) is 4.74 Å². The van der Waals surface area contributed by atoms with Gasteiger partial charge in [0.15, 0.2) is 0 Å². The van der Waals surface area contributed by atoms with Crippen LogP contribution in [0.3, 0.4) is 0 Å². The molecular weight excluding hydrogens is 401 g/mol. The Morgan fingerprint density at radius 1 is 1.10 bits per heavy atom. The Kier molecular flexibility index (Phi) is 5.24. The van der Waals surface area contributed by atoms with Gasteiger partial charge in [-0.3, -0.25) is 9.69 Å². The molecule has 2 heterocycles. The molecule has 0 spiro atoms. The normalized spacial score (nSPS) is 22.9. The van der Waals surface area contributed by atoms with E-state index in [1.165, 1.54) is 28.4 Å². The SMILES string of the molecule is COC(=O)N1CCc2ccc(F)cc2[C@@H]1C(=O)N1CCN(S(=O)(=O)C2CC2)CC1. The molecule has 0 bridgehead atoms. The van der Waals surface area contributed by atoms with Gasteiger partial charge in [-0.05, 0) is 42.5 Å². The van der Waals surface area contributed by atoms with E-state index < -0.39 is 28.0 Å². The molecule has 0 radical (unpaired) electrons. The van der Waals surface area contributed by atoms with Gasteiger partial charge in [0.25, 0.3) is 0 Å². The maximum Gasteiger partial charge on any atom is 0.410 e. The number of halogens is 1. The number of hydrogen-bond donors (Lipinski definition) is 0. The second-order valence-electron chi connectivity index (χ2n) is 7.63. The first kappa shape index (κ1) is 20.1. The third kappa shape index (κ3) is 3.71. The summed E-state index contributed by atoms with van der Waals surface area (Å²) in [7, 11) is -2.04. The molecule has 1 atom stereocenters. The highest BCUT2D eigenvalue weighted by Crippen LogP contribution is 2.34. The number of ether oxygens (including phenoxy) is 1. The largest absolute Gasteiger partial charge is 0.453 e. The van der Waals surface area contributed by atoms with Crippen molar-refractivity contribution in [1.82, 2.24) is 14.1 Å². The molecule has 2 fully saturated rings. The van der Waals surface area contributed by atoms with Crippen molar-refractivity contribution in [1.29, 1.82) is 0 Å². The Hall–Kier alpha value is -2.20. The van der Waals surface area contributed by atoms with Crippen LogP contribution in [0, 0.1) is 5.82 Å². The number of piperazine rings is 1. The van der Waals surface area contributed by atoms with Gasteiger partial charge in [-0.15, -0.1) is 0 Å². The number of methoxy groups -OCH3 is 1. The third-order valence-electron chi connectivity index (χ3n) is 5.84. The van der Waals surface area contributed by atoms with Crippen LogP contribution in [0.4, 0.5) is 9.18 Å². The third-order valence-corrected chi connectivity index (χ3v) is 8.23. The zero-order chi connectivity index (χ0) is 20.8. The molecule has 158 valence electrons. The fourth-order valence-corrected chi connectivity index (χ4v) is 5.90. The van der Waals surface area contributed by atoms with Crippen molar-refractivity contribution in [2.24, 2.45) is 0 Å². The molecular formula is C19H24FN3O5S. The Morgan fingerprint density at radius 3 is 2.41 bits per heavy atom. The summed E-state index contributed by atoms with van der Waals surface area (Å²) in [5, 5.41) is -0.284. The standard InChI is InChI=1S/C19H24FN3O5S/c1-28-19(25)23-7-6-13-2-3-14(20)12-16(13)17(23)18(24)21-8-10-22(11-9-21)29(26,27)15-4-5-15/h2-3,12,15,17H,4-11H2,1H3/t17-/m1/s1. The highest BCUT2D eigenvalue weighted by atomic mass is 32.2. The minimum Gasteiger partial charge on any atom is -0.453 e. The lowest BCUT2D eigenvalue weighted by molar-refractivity contribution is -0.138. The van der Waals surface area contributed by atoms with Crippen molar-refractivity contribution in [2.75, 3.05) is 39.8 Å². The van der Waals surface area contributed by atoms with E-state index in [0.717, 1.165) is 5.56 Å². The fraction of sp³-hybridized carbons (Fsp3) is 0.579. The maximum atomic E-state index is 13.9. The van der Waals surface area contributed by atoms with Crippen LogP contribution in [0.25, 0.3) is 0 Å². The topological polar surface area (TPSA) is 87.2 Å². The lowest BCUT2D eigenvalue weighted by atomic mass is 9.91. The highest BCUT2D eigenvalue weighted by molar-refractivity contribution is 7.90. The summed E-state index contributed by atoms with van der Waals surface area (Å²) in [5.74, 6) is -0.820. The second kappa shape index (κ2) is 7.56. The summed E-state index contributed by atoms with van der Waals surface area (Å²) in [6.45, 7) is 1.22. The Balaban J connectivity index is 1.56. The number of hydrogen-bond acceptors (Lipinski definition) is 5. The van der Waals surface area contributed by atoms with Gasteiger partial charge in [0.2, 0.25) is 15.9 Å². The molecule has 0 N–H and O–H groups in total. The molecule has 1 aromatic rings. The molecule has 2 amide bonds. The predicted molar refractivity (Wildman–Crippen MR) is 102 cm³/mol. The number of amides is 2. The van der Waals surface area contributed by atoms with Gasteiger partial charge in [0.1, 0.15) is 11.9 Å². The van der Waals surface area contributed by atoms with E-state index in [0.29, 0.717) is 24.8 Å². The van der Waals surface area contributed by atoms with E-state index in [1.807, 2.05) is 0 Å². The molecule has 1 saturated carbocycles. The van der Waals surface area contributed by atoms with Crippen LogP contribution >= 0.6 is 0 Å². The van der Waals surface area contributed by atoms with Crippen molar-refractivity contribution in [3.63, 3.8) is 0 Å². The number of rotatable bonds is 3. The predicted octanol–water partition coefficient (Wildman–Crippen LogP) is 1.13. The second-order valence-corrected chi connectivity index (χ2v) is 9.84. The average molecular weight is 425 g/mol. The van der Waals surface area contributed by atoms with Gasteiger partial charge in [0, 0.05) is 32.7 Å². The number of nitrogens with zero attached hydrogens (tertiary/aromatic N) is 3. The molecule has 1 aliphatic carbocycles. The first-order chi connectivity index (χ1) is 13.8. The summed E-state index contributed by atoms with van der Waals surface area (Å²) in [4.78, 5) is 28.5. The summed E-state index contributed by atoms with van der Waals surface area (Å²) < 4.78 is 45.0. The first-order valence-corrected chi connectivity index (χ1v) is 11.2. The van der Waals surface area contributed by atoms with Gasteiger partial charge in [-0.1, -0.05) is 6.07 Å². The van der Waals surface area contributed by atoms with Crippen molar-refractivity contribution in [3.8, 4) is 0 Å². The van der Waals surface area contributed by atoms with Gasteiger partial charge < -0.3 is 9.64 Å². The van der Waals surface area contributed by atoms with E-state index in [-0.39, 0.29) is 43.9 Å². The van der Waals surface area contributed by atoms with Crippen LogP contribution in [0.5, 0.6) is 0 Å². The van der Waals surface area contributed by atoms with E-state index in [2.05, 4.69) is 0 Å². The Morgan fingerprint density at radius 2 is 1.79 bits per heavy atom. The van der Waals surface area contributed by atoms with Crippen LogP contribution < -0.4 is 0 Å².